The normalized spacial score (nSPS) is 22.9. The Morgan fingerprint density at radius 3 is 2.43 bits per heavy atom. The van der Waals surface area contributed by atoms with Crippen LogP contribution in [-0.2, 0) is 26.9 Å². The van der Waals surface area contributed by atoms with Crippen molar-refractivity contribution >= 4 is 5.91 Å². The number of rotatable bonds is 4. The molecule has 1 aliphatic rings. The zero-order chi connectivity index (χ0) is 20.5. The fourth-order valence-electron chi connectivity index (χ4n) is 2.81. The number of hydrogen-bond donors (Lipinski definition) is 2. The number of hydroxylamine groups is 1. The van der Waals surface area contributed by atoms with Gasteiger partial charge in [0, 0.05) is 17.9 Å². The van der Waals surface area contributed by atoms with Gasteiger partial charge in [-0.1, -0.05) is 0 Å². The maximum Gasteiger partial charge on any atom is 0.416 e. The third-order valence-electron chi connectivity index (χ3n) is 4.54. The summed E-state index contributed by atoms with van der Waals surface area (Å²) < 4.78 is 54.5. The van der Waals surface area contributed by atoms with Crippen LogP contribution in [0.15, 0.2) is 28.7 Å². The summed E-state index contributed by atoms with van der Waals surface area (Å²) in [7, 11) is 0. The van der Waals surface area contributed by atoms with E-state index in [-0.39, 0.29) is 25.0 Å². The number of nitrogens with one attached hydrogen (secondary N) is 1. The standard InChI is InChI=1S/C18H19F3N2O5/c1-10-14(7-11-8-26-17(2,27-9-11)16(24)23-25)22-15(28-10)12-3-5-13(6-4-12)18(19,20)21/h3-6,11,25H,7-9H2,1-2H3,(H,23,24). The van der Waals surface area contributed by atoms with Gasteiger partial charge in [0.15, 0.2) is 0 Å². The molecule has 7 nitrogen and oxygen atoms in total. The highest BCUT2D eigenvalue weighted by molar-refractivity contribution is 5.82. The molecule has 28 heavy (non-hydrogen) atoms. The summed E-state index contributed by atoms with van der Waals surface area (Å²) in [6.45, 7) is 3.51. The third kappa shape index (κ3) is 4.18. The SMILES string of the molecule is Cc1oc(-c2ccc(C(F)(F)F)cc2)nc1CC1COC(C)(C(=O)NO)OC1. The van der Waals surface area contributed by atoms with Crippen LogP contribution in [0.1, 0.15) is 23.9 Å². The average Bonchev–Trinajstić information content (AvgIpc) is 3.03. The number of carbonyl (C=O) groups excluding carboxylic acids is 1. The van der Waals surface area contributed by atoms with Crippen molar-refractivity contribution < 1.29 is 37.1 Å². The van der Waals surface area contributed by atoms with Crippen LogP contribution in [0.3, 0.4) is 0 Å². The van der Waals surface area contributed by atoms with Gasteiger partial charge in [-0.3, -0.25) is 10.0 Å². The highest BCUT2D eigenvalue weighted by atomic mass is 19.4. The minimum Gasteiger partial charge on any atom is -0.441 e. The summed E-state index contributed by atoms with van der Waals surface area (Å²) in [6.07, 6.45) is -3.97. The van der Waals surface area contributed by atoms with E-state index in [1.165, 1.54) is 24.5 Å². The number of aromatic nitrogens is 1. The van der Waals surface area contributed by atoms with E-state index in [9.17, 15) is 18.0 Å². The van der Waals surface area contributed by atoms with E-state index in [4.69, 9.17) is 19.1 Å². The van der Waals surface area contributed by atoms with Crippen LogP contribution in [0.5, 0.6) is 0 Å². The summed E-state index contributed by atoms with van der Waals surface area (Å²) in [5, 5.41) is 8.72. The number of oxazole rings is 1. The van der Waals surface area contributed by atoms with E-state index in [0.29, 0.717) is 23.4 Å². The largest absolute Gasteiger partial charge is 0.441 e. The van der Waals surface area contributed by atoms with Crippen LogP contribution in [-0.4, -0.2) is 35.1 Å². The fourth-order valence-corrected chi connectivity index (χ4v) is 2.81. The molecule has 1 amide bonds. The molecule has 10 heteroatoms. The molecule has 0 unspecified atom stereocenters. The Morgan fingerprint density at radius 2 is 1.89 bits per heavy atom. The molecule has 2 heterocycles. The van der Waals surface area contributed by atoms with Gasteiger partial charge in [0.1, 0.15) is 5.76 Å². The van der Waals surface area contributed by atoms with Crippen molar-refractivity contribution in [3.8, 4) is 11.5 Å². The predicted molar refractivity (Wildman–Crippen MR) is 89.1 cm³/mol. The zero-order valence-electron chi connectivity index (χ0n) is 15.2. The first-order chi connectivity index (χ1) is 13.1. The van der Waals surface area contributed by atoms with Crippen molar-refractivity contribution in [2.24, 2.45) is 5.92 Å². The molecule has 1 aromatic carbocycles. The highest BCUT2D eigenvalue weighted by Gasteiger charge is 2.40. The van der Waals surface area contributed by atoms with Crippen LogP contribution in [0.4, 0.5) is 13.2 Å². The van der Waals surface area contributed by atoms with Gasteiger partial charge in [-0.05, 0) is 38.1 Å². The van der Waals surface area contributed by atoms with Crippen LogP contribution in [0.2, 0.25) is 0 Å². The number of halogens is 3. The van der Waals surface area contributed by atoms with Gasteiger partial charge in [-0.15, -0.1) is 0 Å². The van der Waals surface area contributed by atoms with Gasteiger partial charge in [0.2, 0.25) is 11.7 Å². The number of hydrogen-bond acceptors (Lipinski definition) is 6. The molecule has 1 aromatic heterocycles. The molecule has 0 saturated carbocycles. The Kier molecular flexibility index (Phi) is 5.46. The molecule has 0 aliphatic carbocycles. The Hall–Kier alpha value is -2.43. The van der Waals surface area contributed by atoms with Crippen LogP contribution in [0, 0.1) is 12.8 Å². The molecule has 2 N–H and O–H groups in total. The average molecular weight is 400 g/mol. The number of aryl methyl sites for hydroxylation is 1. The number of alkyl halides is 3. The van der Waals surface area contributed by atoms with Crippen molar-refractivity contribution in [3.05, 3.63) is 41.3 Å². The van der Waals surface area contributed by atoms with Gasteiger partial charge in [-0.25, -0.2) is 10.5 Å². The van der Waals surface area contributed by atoms with Gasteiger partial charge in [-0.2, -0.15) is 13.2 Å². The lowest BCUT2D eigenvalue weighted by molar-refractivity contribution is -0.263. The van der Waals surface area contributed by atoms with E-state index in [2.05, 4.69) is 4.98 Å². The number of carbonyl (C=O) groups is 1. The highest BCUT2D eigenvalue weighted by Crippen LogP contribution is 2.32. The van der Waals surface area contributed by atoms with Crippen LogP contribution in [0.25, 0.3) is 11.5 Å². The van der Waals surface area contributed by atoms with E-state index in [1.807, 2.05) is 0 Å². The molecule has 0 bridgehead atoms. The molecule has 0 radical (unpaired) electrons. The fraction of sp³-hybridized carbons (Fsp3) is 0.444. The monoisotopic (exact) mass is 400 g/mol. The Balaban J connectivity index is 1.68. The summed E-state index contributed by atoms with van der Waals surface area (Å²) in [5.74, 6) is -1.70. The summed E-state index contributed by atoms with van der Waals surface area (Å²) in [6, 6.07) is 4.57. The molecule has 1 aliphatic heterocycles. The first-order valence-electron chi connectivity index (χ1n) is 8.49. The van der Waals surface area contributed by atoms with Crippen molar-refractivity contribution in [1.29, 1.82) is 0 Å². The smallest absolute Gasteiger partial charge is 0.416 e. The summed E-state index contributed by atoms with van der Waals surface area (Å²) in [5.41, 5.74) is 1.82. The van der Waals surface area contributed by atoms with E-state index in [1.54, 1.807) is 6.92 Å². The molecular weight excluding hydrogens is 381 g/mol. The first-order valence-corrected chi connectivity index (χ1v) is 8.49. The van der Waals surface area contributed by atoms with Gasteiger partial charge in [0.25, 0.3) is 0 Å². The first kappa shape index (κ1) is 20.3. The molecular formula is C18H19F3N2O5. The molecule has 0 spiro atoms. The number of benzene rings is 1. The van der Waals surface area contributed by atoms with Crippen LogP contribution < -0.4 is 5.48 Å². The van der Waals surface area contributed by atoms with Gasteiger partial charge >= 0.3 is 12.1 Å². The minimum atomic E-state index is -4.40. The molecule has 0 atom stereocenters. The maximum atomic E-state index is 12.7. The minimum absolute atomic E-state index is 0.108. The second-order valence-corrected chi connectivity index (χ2v) is 6.68. The van der Waals surface area contributed by atoms with Crippen molar-refractivity contribution in [1.82, 2.24) is 10.5 Å². The number of amides is 1. The third-order valence-corrected chi connectivity index (χ3v) is 4.54. The van der Waals surface area contributed by atoms with Crippen molar-refractivity contribution in [2.45, 2.75) is 32.2 Å². The maximum absolute atomic E-state index is 12.7. The second kappa shape index (κ2) is 7.53. The van der Waals surface area contributed by atoms with E-state index < -0.39 is 23.4 Å². The molecule has 2 aromatic rings. The van der Waals surface area contributed by atoms with Gasteiger partial charge < -0.3 is 13.9 Å². The molecule has 1 fully saturated rings. The number of ether oxygens (including phenoxy) is 2. The quantitative estimate of drug-likeness (QED) is 0.605. The summed E-state index contributed by atoms with van der Waals surface area (Å²) in [4.78, 5) is 15.9. The van der Waals surface area contributed by atoms with Crippen LogP contribution >= 0.6 is 0 Å². The lowest BCUT2D eigenvalue weighted by atomic mass is 10.0. The molecule has 3 rings (SSSR count). The topological polar surface area (TPSA) is 93.8 Å². The lowest BCUT2D eigenvalue weighted by Crippen LogP contribution is -2.52. The van der Waals surface area contributed by atoms with E-state index >= 15 is 0 Å². The van der Waals surface area contributed by atoms with Crippen molar-refractivity contribution in [3.63, 3.8) is 0 Å². The Bertz CT molecular complexity index is 840. The Labute approximate surface area is 158 Å². The van der Waals surface area contributed by atoms with Gasteiger partial charge in [0.05, 0.1) is 24.5 Å². The zero-order valence-corrected chi connectivity index (χ0v) is 15.2. The second-order valence-electron chi connectivity index (χ2n) is 6.68. The molecule has 152 valence electrons. The number of nitrogens with zero attached hydrogens (tertiary/aromatic N) is 1. The lowest BCUT2D eigenvalue weighted by Gasteiger charge is -2.35. The predicted octanol–water partition coefficient (Wildman–Crippen LogP) is 3.10. The Morgan fingerprint density at radius 1 is 1.29 bits per heavy atom. The molecule has 1 saturated heterocycles. The summed E-state index contributed by atoms with van der Waals surface area (Å²) >= 11 is 0. The van der Waals surface area contributed by atoms with E-state index in [0.717, 1.165) is 12.1 Å². The van der Waals surface area contributed by atoms with Crippen molar-refractivity contribution in [2.75, 3.05) is 13.2 Å².